The van der Waals surface area contributed by atoms with Crippen LogP contribution in [0.25, 0.3) is 0 Å². The third-order valence-corrected chi connectivity index (χ3v) is 9.67. The maximum absolute atomic E-state index is 13.5. The molecule has 0 fully saturated rings. The molecule has 3 aromatic carbocycles. The molecule has 1 aromatic heterocycles. The Balaban J connectivity index is 0.00000486. The number of aromatic hydroxyl groups is 2. The number of nitrogens with one attached hydrogen (secondary N) is 1. The maximum atomic E-state index is 13.5. The zero-order valence-electron chi connectivity index (χ0n) is 27.5. The molecule has 54 heavy (non-hydrogen) atoms. The summed E-state index contributed by atoms with van der Waals surface area (Å²) in [6.45, 7) is -0.557. The summed E-state index contributed by atoms with van der Waals surface area (Å²) in [7, 11) is -14.9. The van der Waals surface area contributed by atoms with Crippen molar-refractivity contribution in [2.45, 2.75) is 14.7 Å². The van der Waals surface area contributed by atoms with Gasteiger partial charge < -0.3 is 29.9 Å². The molecule has 0 atom stereocenters. The van der Waals surface area contributed by atoms with Gasteiger partial charge in [-0.2, -0.15) is 18.7 Å². The van der Waals surface area contributed by atoms with E-state index in [1.165, 1.54) is 0 Å². The van der Waals surface area contributed by atoms with E-state index >= 15 is 0 Å². The Morgan fingerprint density at radius 3 is 1.91 bits per heavy atom. The van der Waals surface area contributed by atoms with Gasteiger partial charge in [-0.3, -0.25) is 9.22 Å². The summed E-state index contributed by atoms with van der Waals surface area (Å²) in [5.74, 6) is -3.98. The largest absolute Gasteiger partial charge is 1.00 e. The average molecular weight is 862 g/mol. The average Bonchev–Trinajstić information content (AvgIpc) is 3.02. The summed E-state index contributed by atoms with van der Waals surface area (Å²) in [6, 6.07) is 7.09. The van der Waals surface area contributed by atoms with Crippen molar-refractivity contribution in [3.05, 3.63) is 66.6 Å². The fourth-order valence-electron chi connectivity index (χ4n) is 3.71. The van der Waals surface area contributed by atoms with Gasteiger partial charge in [-0.05, 0) is 36.4 Å². The first kappa shape index (κ1) is 50.2. The van der Waals surface area contributed by atoms with Crippen molar-refractivity contribution in [1.82, 2.24) is 9.97 Å². The summed E-state index contributed by atoms with van der Waals surface area (Å²) in [6.07, 6.45) is -1.43. The number of benzene rings is 3. The monoisotopic (exact) mass is 861 g/mol. The van der Waals surface area contributed by atoms with E-state index in [9.17, 15) is 58.6 Å². The minimum atomic E-state index is -5.40. The van der Waals surface area contributed by atoms with Crippen LogP contribution in [0.1, 0.15) is 0 Å². The second-order valence-electron chi connectivity index (χ2n) is 9.26. The molecule has 0 unspecified atom stereocenters. The number of halogens is 2. The molecule has 0 spiro atoms. The Hall–Kier alpha value is -1.84. The summed E-state index contributed by atoms with van der Waals surface area (Å²) in [5.41, 5.74) is -2.51. The first-order valence-electron chi connectivity index (χ1n) is 12.9. The minimum Gasteiger partial charge on any atom is -0.744 e. The molecule has 0 aliphatic carbocycles. The number of rotatable bonds is 15. The van der Waals surface area contributed by atoms with Gasteiger partial charge in [-0.15, -0.1) is 24.8 Å². The van der Waals surface area contributed by atoms with Crippen molar-refractivity contribution < 1.29 is 161 Å². The van der Waals surface area contributed by atoms with Gasteiger partial charge in [0.15, 0.2) is 22.2 Å². The van der Waals surface area contributed by atoms with Gasteiger partial charge in [0, 0.05) is 23.9 Å². The summed E-state index contributed by atoms with van der Waals surface area (Å²) >= 11 is 0.0260. The predicted octanol–water partition coefficient (Wildman–Crippen LogP) is -5.86. The normalized spacial score (nSPS) is 11.9. The van der Waals surface area contributed by atoms with Crippen molar-refractivity contribution in [2.24, 2.45) is 20.5 Å². The van der Waals surface area contributed by atoms with Gasteiger partial charge in [-0.25, -0.2) is 25.3 Å². The number of aromatic nitrogens is 2. The molecule has 4 rings (SSSR count). The summed E-state index contributed by atoms with van der Waals surface area (Å²) in [5, 5.41) is 50.2. The van der Waals surface area contributed by atoms with Crippen LogP contribution in [0.4, 0.5) is 43.0 Å². The van der Waals surface area contributed by atoms with E-state index in [0.717, 1.165) is 36.4 Å². The Labute approximate surface area is 374 Å². The first-order chi connectivity index (χ1) is 23.9. The molecule has 0 saturated heterocycles. The van der Waals surface area contributed by atoms with Gasteiger partial charge in [0.25, 0.3) is 0 Å². The van der Waals surface area contributed by atoms with Gasteiger partial charge >= 0.3 is 94.8 Å². The SMILES string of the molecule is O=S(=O)([O-])c1ccc(Nc2cc(F)nc(F)n2)cc1N=Nc1cc(N=Nc2ccc(S(=O)(=O)CCOSOO[O-])cc2S(=O)(=O)[O-])c(O)cc1O.[Na+].[Na+].[Na+]. The van der Waals surface area contributed by atoms with Gasteiger partial charge in [0.1, 0.15) is 60.3 Å². The number of phenolic OH excluding ortho intramolecular Hbond substituents is 2. The third kappa shape index (κ3) is 14.3. The predicted molar refractivity (Wildman–Crippen MR) is 160 cm³/mol. The molecule has 0 bridgehead atoms. The minimum absolute atomic E-state index is 0. The second kappa shape index (κ2) is 21.6. The van der Waals surface area contributed by atoms with Crippen LogP contribution in [0.3, 0.4) is 0 Å². The van der Waals surface area contributed by atoms with Gasteiger partial charge in [-0.1, -0.05) is 0 Å². The molecule has 0 amide bonds. The van der Waals surface area contributed by atoms with Crippen LogP contribution in [0, 0.1) is 12.0 Å². The van der Waals surface area contributed by atoms with Gasteiger partial charge in [0.05, 0.1) is 27.0 Å². The zero-order chi connectivity index (χ0) is 37.6. The molecule has 30 heteroatoms. The van der Waals surface area contributed by atoms with Crippen molar-refractivity contribution >= 4 is 76.7 Å². The molecule has 272 valence electrons. The Morgan fingerprint density at radius 2 is 1.33 bits per heavy atom. The topological polar surface area (TPSA) is 327 Å². The van der Waals surface area contributed by atoms with Crippen molar-refractivity contribution in [2.75, 3.05) is 17.7 Å². The standard InChI is InChI=1S/C24H19F2N7O14S4.3Na/c25-22-11-23(29-24(26)28-22)27-12-1-4-20(50(39,40)41)17(7-12)33-32-16-9-15(18(34)10-19(16)35)31-30-14-3-2-13(8-21(14)51(42,43)44)49(37,38)6-5-45-48-47-46-36;;;/h1-4,7-11,34-36H,5-6H2,(H,27,28,29)(H,39,40,41)(H,42,43,44);;;/q;3*+1/p-3. The van der Waals surface area contributed by atoms with Crippen LogP contribution < -0.4 is 99.2 Å². The van der Waals surface area contributed by atoms with Crippen LogP contribution in [0.5, 0.6) is 11.5 Å². The van der Waals surface area contributed by atoms with E-state index in [-0.39, 0.29) is 107 Å². The number of phenols is 2. The van der Waals surface area contributed by atoms with Gasteiger partial charge in [0.2, 0.25) is 5.95 Å². The molecule has 0 radical (unpaired) electrons. The fraction of sp³-hybridized carbons (Fsp3) is 0.0833. The van der Waals surface area contributed by atoms with Crippen LogP contribution in [-0.4, -0.2) is 66.9 Å². The van der Waals surface area contributed by atoms with E-state index in [2.05, 4.69) is 49.3 Å². The summed E-state index contributed by atoms with van der Waals surface area (Å²) < 4.78 is 132. The number of anilines is 2. The van der Waals surface area contributed by atoms with Crippen LogP contribution in [-0.2, 0) is 43.6 Å². The zero-order valence-corrected chi connectivity index (χ0v) is 36.7. The molecule has 0 aliphatic rings. The Bertz CT molecular complexity index is 2350. The van der Waals surface area contributed by atoms with E-state index in [4.69, 9.17) is 0 Å². The van der Waals surface area contributed by atoms with E-state index in [1.54, 1.807) is 0 Å². The molecular formula is C24H16F2N7Na3O14S4. The number of sulfone groups is 1. The second-order valence-corrected chi connectivity index (χ2v) is 14.6. The Kier molecular flexibility index (Phi) is 20.1. The van der Waals surface area contributed by atoms with Crippen LogP contribution >= 0.6 is 12.3 Å². The smallest absolute Gasteiger partial charge is 0.744 e. The molecular weight excluding hydrogens is 846 g/mol. The first-order valence-corrected chi connectivity index (χ1v) is 18.0. The summed E-state index contributed by atoms with van der Waals surface area (Å²) in [4.78, 5) is 3.43. The Morgan fingerprint density at radius 1 is 0.741 bits per heavy atom. The number of hydrogen-bond acceptors (Lipinski definition) is 22. The molecule has 21 nitrogen and oxygen atoms in total. The molecule has 1 heterocycles. The third-order valence-electron chi connectivity index (χ3n) is 5.87. The number of azo groups is 2. The molecule has 3 N–H and O–H groups in total. The van der Waals surface area contributed by atoms with Crippen molar-refractivity contribution in [1.29, 1.82) is 0 Å². The fourth-order valence-corrected chi connectivity index (χ4v) is 6.45. The number of nitrogens with zero attached hydrogens (tertiary/aromatic N) is 6. The maximum Gasteiger partial charge on any atom is 1.00 e. The van der Waals surface area contributed by atoms with E-state index in [0.29, 0.717) is 18.2 Å². The van der Waals surface area contributed by atoms with E-state index in [1.807, 2.05) is 0 Å². The van der Waals surface area contributed by atoms with Crippen molar-refractivity contribution in [3.8, 4) is 11.5 Å². The molecule has 4 aromatic rings. The van der Waals surface area contributed by atoms with Crippen molar-refractivity contribution in [3.63, 3.8) is 0 Å². The molecule has 0 aliphatic heterocycles. The van der Waals surface area contributed by atoms with Crippen LogP contribution in [0.15, 0.2) is 89.7 Å². The van der Waals surface area contributed by atoms with E-state index < -0.39 is 109 Å². The quantitative estimate of drug-likeness (QED) is 0.0115. The van der Waals surface area contributed by atoms with Crippen LogP contribution in [0.2, 0.25) is 0 Å². The number of hydrogen-bond donors (Lipinski definition) is 3. The molecule has 0 saturated carbocycles.